The van der Waals surface area contributed by atoms with Crippen LogP contribution in [0.5, 0.6) is 0 Å². The Labute approximate surface area is 144 Å². The molecule has 4 heteroatoms. The summed E-state index contributed by atoms with van der Waals surface area (Å²) in [4.78, 5) is 6.54. The molecule has 23 heavy (non-hydrogen) atoms. The van der Waals surface area contributed by atoms with E-state index in [1.807, 2.05) is 36.4 Å². The van der Waals surface area contributed by atoms with Gasteiger partial charge in [-0.25, -0.2) is 0 Å². The lowest BCUT2D eigenvalue weighted by Crippen LogP contribution is -2.30. The summed E-state index contributed by atoms with van der Waals surface area (Å²) in [7, 11) is 0. The number of pyridine rings is 1. The molecule has 116 valence electrons. The van der Waals surface area contributed by atoms with E-state index < -0.39 is 5.60 Å². The number of aliphatic hydroxyl groups is 1. The van der Waals surface area contributed by atoms with E-state index in [4.69, 9.17) is 11.6 Å². The second-order valence-corrected chi connectivity index (χ2v) is 7.48. The molecular formula is C19H16ClNOS. The van der Waals surface area contributed by atoms with E-state index in [0.717, 1.165) is 36.0 Å². The molecule has 3 aromatic rings. The van der Waals surface area contributed by atoms with Crippen molar-refractivity contribution < 1.29 is 5.11 Å². The third-order valence-corrected chi connectivity index (χ3v) is 5.98. The Morgan fingerprint density at radius 3 is 2.57 bits per heavy atom. The smallest absolute Gasteiger partial charge is 0.116 e. The molecule has 0 saturated heterocycles. The zero-order chi connectivity index (χ0) is 15.9. The van der Waals surface area contributed by atoms with Gasteiger partial charge in [0.25, 0.3) is 0 Å². The normalized spacial score (nSPS) is 20.3. The highest BCUT2D eigenvalue weighted by molar-refractivity contribution is 7.15. The fourth-order valence-corrected chi connectivity index (χ4v) is 4.69. The van der Waals surface area contributed by atoms with Crippen LogP contribution in [0.1, 0.15) is 28.8 Å². The van der Waals surface area contributed by atoms with Gasteiger partial charge in [0.05, 0.1) is 0 Å². The monoisotopic (exact) mass is 341 g/mol. The Bertz CT molecular complexity index is 828. The first-order valence-corrected chi connectivity index (χ1v) is 8.88. The average molecular weight is 342 g/mol. The maximum atomic E-state index is 11.4. The van der Waals surface area contributed by atoms with Crippen molar-refractivity contribution in [1.82, 2.24) is 4.98 Å². The van der Waals surface area contributed by atoms with Gasteiger partial charge in [-0.1, -0.05) is 23.7 Å². The first kappa shape index (κ1) is 14.9. The average Bonchev–Trinajstić information content (AvgIpc) is 3.02. The number of fused-ring (bicyclic) bond motifs is 1. The zero-order valence-corrected chi connectivity index (χ0v) is 14.1. The van der Waals surface area contributed by atoms with Crippen LogP contribution in [-0.4, -0.2) is 10.1 Å². The predicted molar refractivity (Wildman–Crippen MR) is 94.9 cm³/mol. The Morgan fingerprint density at radius 2 is 1.83 bits per heavy atom. The molecule has 2 aromatic heterocycles. The summed E-state index contributed by atoms with van der Waals surface area (Å²) in [6.07, 6.45) is 6.37. The molecule has 0 bridgehead atoms. The first-order valence-electron chi connectivity index (χ1n) is 7.69. The first-order chi connectivity index (χ1) is 11.2. The number of aryl methyl sites for hydroxylation is 1. The van der Waals surface area contributed by atoms with Crippen LogP contribution < -0.4 is 0 Å². The summed E-state index contributed by atoms with van der Waals surface area (Å²) < 4.78 is 0. The summed E-state index contributed by atoms with van der Waals surface area (Å²) in [6, 6.07) is 13.7. The van der Waals surface area contributed by atoms with Crippen molar-refractivity contribution >= 4 is 22.9 Å². The van der Waals surface area contributed by atoms with E-state index >= 15 is 0 Å². The number of hydrogen-bond acceptors (Lipinski definition) is 3. The number of benzene rings is 1. The fraction of sp³-hybridized carbons (Fsp3) is 0.211. The second kappa shape index (κ2) is 5.75. The van der Waals surface area contributed by atoms with Crippen LogP contribution in [0.15, 0.2) is 54.9 Å². The summed E-state index contributed by atoms with van der Waals surface area (Å²) in [5.41, 5.74) is 2.20. The van der Waals surface area contributed by atoms with Gasteiger partial charge in [-0.3, -0.25) is 4.98 Å². The third kappa shape index (κ3) is 2.59. The van der Waals surface area contributed by atoms with Gasteiger partial charge in [0.2, 0.25) is 0 Å². The SMILES string of the molecule is OC1(c2ccc(Cl)cc2)CCCc2sc(-c3ccncc3)cc21. The molecule has 1 unspecified atom stereocenters. The van der Waals surface area contributed by atoms with Crippen molar-refractivity contribution in [3.63, 3.8) is 0 Å². The summed E-state index contributed by atoms with van der Waals surface area (Å²) in [6.45, 7) is 0. The molecule has 2 nitrogen and oxygen atoms in total. The largest absolute Gasteiger partial charge is 0.380 e. The van der Waals surface area contributed by atoms with Crippen molar-refractivity contribution in [2.24, 2.45) is 0 Å². The molecule has 1 aliphatic rings. The van der Waals surface area contributed by atoms with Gasteiger partial charge in [0.1, 0.15) is 5.60 Å². The Morgan fingerprint density at radius 1 is 1.09 bits per heavy atom. The summed E-state index contributed by atoms with van der Waals surface area (Å²) in [5.74, 6) is 0. The molecule has 0 aliphatic heterocycles. The van der Waals surface area contributed by atoms with Crippen LogP contribution in [0.3, 0.4) is 0 Å². The van der Waals surface area contributed by atoms with Gasteiger partial charge in [0, 0.05) is 32.7 Å². The van der Waals surface area contributed by atoms with Gasteiger partial charge >= 0.3 is 0 Å². The lowest BCUT2D eigenvalue weighted by atomic mass is 9.78. The number of thiophene rings is 1. The molecule has 0 fully saturated rings. The van der Waals surface area contributed by atoms with Gasteiger partial charge < -0.3 is 5.11 Å². The van der Waals surface area contributed by atoms with Crippen molar-refractivity contribution in [1.29, 1.82) is 0 Å². The van der Waals surface area contributed by atoms with E-state index in [2.05, 4.69) is 11.1 Å². The van der Waals surface area contributed by atoms with E-state index in [1.54, 1.807) is 23.7 Å². The molecule has 0 amide bonds. The molecule has 2 heterocycles. The maximum Gasteiger partial charge on any atom is 0.116 e. The fourth-order valence-electron chi connectivity index (χ4n) is 3.29. The standard InChI is InChI=1S/C19H16ClNOS/c20-15-5-3-14(4-6-15)19(22)9-1-2-17-16(19)12-18(23-17)13-7-10-21-11-8-13/h3-8,10-12,22H,1-2,9H2. The van der Waals surface area contributed by atoms with Crippen molar-refractivity contribution in [3.05, 3.63) is 75.9 Å². The Kier molecular flexibility index (Phi) is 3.72. The van der Waals surface area contributed by atoms with E-state index in [9.17, 15) is 5.11 Å². The number of nitrogens with zero attached hydrogens (tertiary/aromatic N) is 1. The topological polar surface area (TPSA) is 33.1 Å². The van der Waals surface area contributed by atoms with Gasteiger partial charge in [-0.05, 0) is 60.7 Å². The van der Waals surface area contributed by atoms with Crippen LogP contribution in [0.2, 0.25) is 5.02 Å². The molecule has 0 spiro atoms. The van der Waals surface area contributed by atoms with Crippen molar-refractivity contribution in [2.75, 3.05) is 0 Å². The minimum absolute atomic E-state index is 0.691. The zero-order valence-electron chi connectivity index (χ0n) is 12.5. The molecule has 1 aliphatic carbocycles. The number of halogens is 1. The number of aromatic nitrogens is 1. The van der Waals surface area contributed by atoms with Crippen LogP contribution >= 0.6 is 22.9 Å². The van der Waals surface area contributed by atoms with Crippen LogP contribution in [0.4, 0.5) is 0 Å². The highest BCUT2D eigenvalue weighted by Gasteiger charge is 2.37. The highest BCUT2D eigenvalue weighted by atomic mass is 35.5. The predicted octanol–water partition coefficient (Wildman–Crippen LogP) is 5.04. The van der Waals surface area contributed by atoms with Crippen molar-refractivity contribution in [3.8, 4) is 10.4 Å². The molecular weight excluding hydrogens is 326 g/mol. The quantitative estimate of drug-likeness (QED) is 0.708. The van der Waals surface area contributed by atoms with Crippen LogP contribution in [-0.2, 0) is 12.0 Å². The maximum absolute atomic E-state index is 11.4. The van der Waals surface area contributed by atoms with Crippen molar-refractivity contribution in [2.45, 2.75) is 24.9 Å². The number of rotatable bonds is 2. The van der Waals surface area contributed by atoms with E-state index in [-0.39, 0.29) is 0 Å². The van der Waals surface area contributed by atoms with Gasteiger partial charge in [-0.2, -0.15) is 0 Å². The third-order valence-electron chi connectivity index (χ3n) is 4.48. The second-order valence-electron chi connectivity index (χ2n) is 5.90. The Balaban J connectivity index is 1.82. The lowest BCUT2D eigenvalue weighted by Gasteiger charge is -2.33. The molecule has 1 atom stereocenters. The van der Waals surface area contributed by atoms with E-state index in [0.29, 0.717) is 5.02 Å². The summed E-state index contributed by atoms with van der Waals surface area (Å²) >= 11 is 7.77. The number of hydrogen-bond donors (Lipinski definition) is 1. The minimum Gasteiger partial charge on any atom is -0.380 e. The summed E-state index contributed by atoms with van der Waals surface area (Å²) in [5, 5.41) is 12.1. The van der Waals surface area contributed by atoms with Crippen LogP contribution in [0, 0.1) is 0 Å². The minimum atomic E-state index is -0.917. The molecule has 0 saturated carbocycles. The van der Waals surface area contributed by atoms with Gasteiger partial charge in [-0.15, -0.1) is 11.3 Å². The lowest BCUT2D eigenvalue weighted by molar-refractivity contribution is 0.0626. The Hall–Kier alpha value is -1.68. The van der Waals surface area contributed by atoms with Crippen LogP contribution in [0.25, 0.3) is 10.4 Å². The molecule has 4 rings (SSSR count). The highest BCUT2D eigenvalue weighted by Crippen LogP contribution is 2.46. The van der Waals surface area contributed by atoms with E-state index in [1.165, 1.54) is 9.75 Å². The molecule has 0 radical (unpaired) electrons. The molecule has 1 N–H and O–H groups in total. The van der Waals surface area contributed by atoms with Gasteiger partial charge in [0.15, 0.2) is 0 Å². The molecule has 1 aromatic carbocycles.